The third kappa shape index (κ3) is 3.09. The summed E-state index contributed by atoms with van der Waals surface area (Å²) in [6.07, 6.45) is 3.40. The Morgan fingerprint density at radius 1 is 1.33 bits per heavy atom. The highest BCUT2D eigenvalue weighted by atomic mass is 32.2. The predicted molar refractivity (Wildman–Crippen MR) is 100 cm³/mol. The first-order chi connectivity index (χ1) is 11.5. The van der Waals surface area contributed by atoms with Gasteiger partial charge in [0.15, 0.2) is 0 Å². The number of aromatic nitrogens is 2. The maximum absolute atomic E-state index is 12.6. The van der Waals surface area contributed by atoms with E-state index in [1.807, 2.05) is 44.4 Å². The molecule has 124 valence electrons. The van der Waals surface area contributed by atoms with Gasteiger partial charge in [0.25, 0.3) is 5.56 Å². The quantitative estimate of drug-likeness (QED) is 0.725. The zero-order chi connectivity index (χ0) is 17.3. The summed E-state index contributed by atoms with van der Waals surface area (Å²) in [7, 11) is 0. The third-order valence-electron chi connectivity index (χ3n) is 3.85. The summed E-state index contributed by atoms with van der Waals surface area (Å²) in [6, 6.07) is 7.58. The number of fused-ring (bicyclic) bond motifs is 1. The number of carbonyl (C=O) groups excluding carboxylic acids is 1. The minimum absolute atomic E-state index is 0.0567. The number of para-hydroxylation sites is 1. The molecule has 0 radical (unpaired) electrons. The van der Waals surface area contributed by atoms with Crippen LogP contribution < -0.4 is 10.9 Å². The van der Waals surface area contributed by atoms with E-state index in [9.17, 15) is 9.59 Å². The number of hydrogen-bond acceptors (Lipinski definition) is 5. The molecular formula is C17H17N3O2S2. The van der Waals surface area contributed by atoms with Gasteiger partial charge in [0.1, 0.15) is 11.4 Å². The van der Waals surface area contributed by atoms with E-state index < -0.39 is 0 Å². The summed E-state index contributed by atoms with van der Waals surface area (Å²) >= 11 is 3.06. The Balaban J connectivity index is 1.87. The number of rotatable bonds is 4. The summed E-state index contributed by atoms with van der Waals surface area (Å²) in [5.41, 5.74) is 1.52. The van der Waals surface area contributed by atoms with Crippen molar-refractivity contribution in [2.24, 2.45) is 0 Å². The number of thiophene rings is 1. The molecule has 1 amide bonds. The van der Waals surface area contributed by atoms with Gasteiger partial charge in [0.05, 0.1) is 17.4 Å². The van der Waals surface area contributed by atoms with E-state index in [0.717, 1.165) is 25.9 Å². The molecule has 0 unspecified atom stereocenters. The van der Waals surface area contributed by atoms with Crippen LogP contribution in [0.3, 0.4) is 0 Å². The molecule has 1 aromatic carbocycles. The van der Waals surface area contributed by atoms with E-state index >= 15 is 0 Å². The molecule has 0 atom stereocenters. The highest BCUT2D eigenvalue weighted by molar-refractivity contribution is 7.98. The molecule has 2 aromatic heterocycles. The van der Waals surface area contributed by atoms with Gasteiger partial charge in [-0.3, -0.25) is 14.2 Å². The van der Waals surface area contributed by atoms with E-state index in [1.54, 1.807) is 11.8 Å². The van der Waals surface area contributed by atoms with Crippen molar-refractivity contribution in [2.75, 3.05) is 11.6 Å². The lowest BCUT2D eigenvalue weighted by molar-refractivity contribution is -0.116. The maximum Gasteiger partial charge on any atom is 0.262 e. The van der Waals surface area contributed by atoms with Crippen LogP contribution in [0, 0.1) is 13.8 Å². The molecule has 7 heteroatoms. The molecule has 0 saturated heterocycles. The minimum Gasteiger partial charge on any atom is -0.324 e. The topological polar surface area (TPSA) is 64.0 Å². The lowest BCUT2D eigenvalue weighted by Crippen LogP contribution is -2.28. The number of hydrogen-bond donors (Lipinski definition) is 1. The fourth-order valence-electron chi connectivity index (χ4n) is 2.47. The summed E-state index contributed by atoms with van der Waals surface area (Å²) in [5.74, 6) is -0.246. The van der Waals surface area contributed by atoms with Crippen LogP contribution in [0.2, 0.25) is 0 Å². The second kappa shape index (κ2) is 6.78. The number of benzene rings is 1. The zero-order valence-corrected chi connectivity index (χ0v) is 15.3. The van der Waals surface area contributed by atoms with Gasteiger partial charge < -0.3 is 5.32 Å². The Morgan fingerprint density at radius 3 is 2.83 bits per heavy atom. The van der Waals surface area contributed by atoms with Crippen LogP contribution in [0.1, 0.15) is 10.4 Å². The average Bonchev–Trinajstić information content (AvgIpc) is 2.86. The van der Waals surface area contributed by atoms with Gasteiger partial charge >= 0.3 is 0 Å². The summed E-state index contributed by atoms with van der Waals surface area (Å²) in [4.78, 5) is 32.0. The molecule has 0 bridgehead atoms. The van der Waals surface area contributed by atoms with E-state index in [-0.39, 0.29) is 18.0 Å². The number of anilines is 1. The number of thioether (sulfide) groups is 1. The third-order valence-corrected chi connectivity index (χ3v) is 5.76. The van der Waals surface area contributed by atoms with Crippen LogP contribution in [-0.4, -0.2) is 21.7 Å². The Bertz CT molecular complexity index is 976. The summed E-state index contributed by atoms with van der Waals surface area (Å²) < 4.78 is 1.36. The standard InChI is InChI=1S/C17H17N3O2S2/c1-10-11(2)24-16-15(10)17(22)20(9-18-16)8-14(21)19-12-6-4-5-7-13(12)23-3/h4-7,9H,8H2,1-3H3,(H,19,21). The van der Waals surface area contributed by atoms with E-state index in [1.165, 1.54) is 22.2 Å². The predicted octanol–water partition coefficient (Wildman–Crippen LogP) is 3.44. The lowest BCUT2D eigenvalue weighted by atomic mass is 10.2. The SMILES string of the molecule is CSc1ccccc1NC(=O)Cn1cnc2sc(C)c(C)c2c1=O. The van der Waals surface area contributed by atoms with Crippen molar-refractivity contribution in [3.05, 3.63) is 51.4 Å². The number of nitrogens with zero attached hydrogens (tertiary/aromatic N) is 2. The first-order valence-corrected chi connectivity index (χ1v) is 9.43. The molecule has 0 aliphatic carbocycles. The van der Waals surface area contributed by atoms with Crippen LogP contribution >= 0.6 is 23.1 Å². The van der Waals surface area contributed by atoms with Crippen molar-refractivity contribution >= 4 is 44.9 Å². The molecule has 2 heterocycles. The van der Waals surface area contributed by atoms with Gasteiger partial charge in [-0.05, 0) is 37.8 Å². The van der Waals surface area contributed by atoms with Crippen LogP contribution in [0.25, 0.3) is 10.2 Å². The van der Waals surface area contributed by atoms with Crippen LogP contribution in [0.15, 0.2) is 40.3 Å². The summed E-state index contributed by atoms with van der Waals surface area (Å²) in [6.45, 7) is 3.83. The second-order valence-corrected chi connectivity index (χ2v) is 7.44. The fraction of sp³-hybridized carbons (Fsp3) is 0.235. The fourth-order valence-corrected chi connectivity index (χ4v) is 4.02. The van der Waals surface area contributed by atoms with Crippen molar-refractivity contribution in [2.45, 2.75) is 25.3 Å². The molecule has 0 aliphatic heterocycles. The number of aryl methyl sites for hydroxylation is 2. The van der Waals surface area contributed by atoms with Gasteiger partial charge in [-0.25, -0.2) is 4.98 Å². The number of amides is 1. The Hall–Kier alpha value is -2.12. The number of carbonyl (C=O) groups is 1. The van der Waals surface area contributed by atoms with Crippen molar-refractivity contribution < 1.29 is 4.79 Å². The normalized spacial score (nSPS) is 11.0. The molecule has 3 aromatic rings. The Morgan fingerprint density at radius 2 is 2.08 bits per heavy atom. The Kier molecular flexibility index (Phi) is 4.73. The van der Waals surface area contributed by atoms with Crippen LogP contribution in [0.5, 0.6) is 0 Å². The van der Waals surface area contributed by atoms with Gasteiger partial charge in [-0.2, -0.15) is 0 Å². The van der Waals surface area contributed by atoms with Crippen molar-refractivity contribution in [1.29, 1.82) is 0 Å². The van der Waals surface area contributed by atoms with Gasteiger partial charge in [-0.1, -0.05) is 12.1 Å². The highest BCUT2D eigenvalue weighted by Gasteiger charge is 2.14. The molecule has 0 fully saturated rings. The molecule has 0 spiro atoms. The number of nitrogens with one attached hydrogen (secondary N) is 1. The van der Waals surface area contributed by atoms with Crippen LogP contribution in [-0.2, 0) is 11.3 Å². The molecule has 3 rings (SSSR count). The van der Waals surface area contributed by atoms with Crippen LogP contribution in [0.4, 0.5) is 5.69 Å². The smallest absolute Gasteiger partial charge is 0.262 e. The van der Waals surface area contributed by atoms with Gasteiger partial charge in [-0.15, -0.1) is 23.1 Å². The minimum atomic E-state index is -0.246. The van der Waals surface area contributed by atoms with Gasteiger partial charge in [0, 0.05) is 9.77 Å². The Labute approximate surface area is 147 Å². The monoisotopic (exact) mass is 359 g/mol. The van der Waals surface area contributed by atoms with Crippen molar-refractivity contribution in [3.8, 4) is 0 Å². The van der Waals surface area contributed by atoms with E-state index in [2.05, 4.69) is 10.3 Å². The summed E-state index contributed by atoms with van der Waals surface area (Å²) in [5, 5.41) is 3.47. The second-order valence-electron chi connectivity index (χ2n) is 5.39. The molecule has 1 N–H and O–H groups in total. The zero-order valence-electron chi connectivity index (χ0n) is 13.6. The van der Waals surface area contributed by atoms with Crippen molar-refractivity contribution in [3.63, 3.8) is 0 Å². The average molecular weight is 359 g/mol. The van der Waals surface area contributed by atoms with E-state index in [0.29, 0.717) is 5.39 Å². The lowest BCUT2D eigenvalue weighted by Gasteiger charge is -2.10. The van der Waals surface area contributed by atoms with E-state index in [4.69, 9.17) is 0 Å². The molecule has 24 heavy (non-hydrogen) atoms. The molecule has 0 saturated carbocycles. The first-order valence-electron chi connectivity index (χ1n) is 7.39. The molecule has 0 aliphatic rings. The largest absolute Gasteiger partial charge is 0.324 e. The van der Waals surface area contributed by atoms with Crippen molar-refractivity contribution in [1.82, 2.24) is 9.55 Å². The first kappa shape index (κ1) is 16.7. The van der Waals surface area contributed by atoms with Gasteiger partial charge in [0.2, 0.25) is 5.91 Å². The maximum atomic E-state index is 12.6. The molecular weight excluding hydrogens is 342 g/mol. The molecule has 5 nitrogen and oxygen atoms in total. The highest BCUT2D eigenvalue weighted by Crippen LogP contribution is 2.26.